The number of amides is 1. The van der Waals surface area contributed by atoms with Crippen molar-refractivity contribution in [2.45, 2.75) is 12.5 Å². The molecule has 1 aromatic carbocycles. The predicted molar refractivity (Wildman–Crippen MR) is 98.7 cm³/mol. The average molecular weight is 365 g/mol. The first-order valence-electron chi connectivity index (χ1n) is 7.89. The van der Waals surface area contributed by atoms with E-state index in [9.17, 15) is 9.00 Å². The smallest absolute Gasteiger partial charge is 0.414 e. The van der Waals surface area contributed by atoms with Gasteiger partial charge in [0.15, 0.2) is 0 Å². The van der Waals surface area contributed by atoms with E-state index in [-0.39, 0.29) is 12.2 Å². The van der Waals surface area contributed by atoms with E-state index in [2.05, 4.69) is 27.3 Å². The molecule has 2 heterocycles. The summed E-state index contributed by atoms with van der Waals surface area (Å²) in [6.45, 7) is 2.51. The highest BCUT2D eigenvalue weighted by atomic mass is 32.2. The van der Waals surface area contributed by atoms with Crippen LogP contribution in [0.2, 0.25) is 0 Å². The van der Waals surface area contributed by atoms with Gasteiger partial charge < -0.3 is 9.64 Å². The summed E-state index contributed by atoms with van der Waals surface area (Å²) in [7, 11) is -0.703. The second-order valence-corrected chi connectivity index (χ2v) is 7.63. The number of nitrogens with zero attached hydrogens (tertiary/aromatic N) is 3. The highest BCUT2D eigenvalue weighted by Crippen LogP contribution is 2.25. The summed E-state index contributed by atoms with van der Waals surface area (Å²) >= 11 is 4.54. The summed E-state index contributed by atoms with van der Waals surface area (Å²) in [4.78, 5) is 19.7. The molecule has 2 fully saturated rings. The normalized spacial score (nSPS) is 24.2. The molecular formula is C16H19N3O3S2. The Morgan fingerprint density at radius 3 is 2.75 bits per heavy atom. The molecule has 2 atom stereocenters. The molecule has 0 radical (unpaired) electrons. The van der Waals surface area contributed by atoms with E-state index in [1.54, 1.807) is 4.90 Å². The third-order valence-corrected chi connectivity index (χ3v) is 5.66. The van der Waals surface area contributed by atoms with Crippen molar-refractivity contribution in [2.24, 2.45) is 4.99 Å². The van der Waals surface area contributed by atoms with Crippen LogP contribution < -0.4 is 9.80 Å². The molecule has 1 unspecified atom stereocenters. The lowest BCUT2D eigenvalue weighted by molar-refractivity contribution is 0.145. The van der Waals surface area contributed by atoms with E-state index >= 15 is 0 Å². The topological polar surface area (TPSA) is 62.2 Å². The van der Waals surface area contributed by atoms with Gasteiger partial charge in [-0.15, -0.1) is 0 Å². The first kappa shape index (κ1) is 17.1. The van der Waals surface area contributed by atoms with E-state index < -0.39 is 10.8 Å². The zero-order valence-corrected chi connectivity index (χ0v) is 14.9. The zero-order valence-electron chi connectivity index (χ0n) is 13.2. The van der Waals surface area contributed by atoms with Crippen molar-refractivity contribution in [3.05, 3.63) is 24.3 Å². The SMILES string of the molecule is O=C1O[C@@H](CN=C=S)CN1c1ccc(N2CCCS(=O)CC2)cc1. The van der Waals surface area contributed by atoms with E-state index in [1.165, 1.54) is 0 Å². The summed E-state index contributed by atoms with van der Waals surface area (Å²) in [5.74, 6) is 1.49. The number of benzene rings is 1. The summed E-state index contributed by atoms with van der Waals surface area (Å²) in [5, 5.41) is 2.29. The van der Waals surface area contributed by atoms with E-state index in [1.807, 2.05) is 24.3 Å². The van der Waals surface area contributed by atoms with Gasteiger partial charge in [-0.2, -0.15) is 0 Å². The fourth-order valence-electron chi connectivity index (χ4n) is 2.91. The van der Waals surface area contributed by atoms with Gasteiger partial charge in [0.2, 0.25) is 0 Å². The van der Waals surface area contributed by atoms with Crippen molar-refractivity contribution >= 4 is 45.6 Å². The van der Waals surface area contributed by atoms with Crippen molar-refractivity contribution in [3.8, 4) is 0 Å². The van der Waals surface area contributed by atoms with Crippen LogP contribution in [0, 0.1) is 0 Å². The molecule has 2 aliphatic rings. The Bertz CT molecular complexity index is 674. The molecule has 0 saturated carbocycles. The minimum Gasteiger partial charge on any atom is -0.442 e. The molecule has 0 aliphatic carbocycles. The van der Waals surface area contributed by atoms with E-state index in [0.717, 1.165) is 36.6 Å². The van der Waals surface area contributed by atoms with Gasteiger partial charge >= 0.3 is 6.09 Å². The highest BCUT2D eigenvalue weighted by molar-refractivity contribution is 7.85. The van der Waals surface area contributed by atoms with Crippen molar-refractivity contribution in [2.75, 3.05) is 47.5 Å². The minimum absolute atomic E-state index is 0.284. The third-order valence-electron chi connectivity index (χ3n) is 4.15. The number of carbonyl (C=O) groups excluding carboxylic acids is 1. The van der Waals surface area contributed by atoms with Crippen molar-refractivity contribution in [3.63, 3.8) is 0 Å². The quantitative estimate of drug-likeness (QED) is 0.604. The van der Waals surface area contributed by atoms with Crippen LogP contribution in [0.5, 0.6) is 0 Å². The maximum Gasteiger partial charge on any atom is 0.414 e. The Morgan fingerprint density at radius 2 is 2.00 bits per heavy atom. The Hall–Kier alpha value is -1.76. The van der Waals surface area contributed by atoms with Crippen LogP contribution in [0.15, 0.2) is 29.3 Å². The molecule has 128 valence electrons. The molecule has 1 aromatic rings. The molecule has 2 saturated heterocycles. The van der Waals surface area contributed by atoms with Crippen LogP contribution in [-0.4, -0.2) is 59.3 Å². The lowest BCUT2D eigenvalue weighted by Gasteiger charge is -2.23. The first-order chi connectivity index (χ1) is 11.7. The lowest BCUT2D eigenvalue weighted by Crippen LogP contribution is -2.27. The number of ether oxygens (including phenoxy) is 1. The average Bonchev–Trinajstić information content (AvgIpc) is 2.82. The van der Waals surface area contributed by atoms with Crippen LogP contribution in [-0.2, 0) is 15.5 Å². The lowest BCUT2D eigenvalue weighted by atomic mass is 10.2. The molecule has 8 heteroatoms. The summed E-state index contributed by atoms with van der Waals surface area (Å²) in [6, 6.07) is 7.84. The molecule has 0 bridgehead atoms. The van der Waals surface area contributed by atoms with Crippen molar-refractivity contribution in [1.29, 1.82) is 0 Å². The molecule has 2 aliphatic heterocycles. The summed E-state index contributed by atoms with van der Waals surface area (Å²) < 4.78 is 16.9. The number of hydrogen-bond donors (Lipinski definition) is 0. The number of carbonyl (C=O) groups is 1. The fourth-order valence-corrected chi connectivity index (χ4v) is 4.06. The maximum absolute atomic E-state index is 12.0. The Labute approximate surface area is 148 Å². The number of thiocarbonyl (C=S) groups is 1. The first-order valence-corrected chi connectivity index (χ1v) is 9.79. The van der Waals surface area contributed by atoms with Crippen molar-refractivity contribution < 1.29 is 13.7 Å². The number of isothiocyanates is 1. The van der Waals surface area contributed by atoms with Crippen LogP contribution in [0.25, 0.3) is 0 Å². The monoisotopic (exact) mass is 365 g/mol. The number of rotatable bonds is 4. The van der Waals surface area contributed by atoms with Gasteiger partial charge in [-0.05, 0) is 42.9 Å². The number of aliphatic imine (C=N–C) groups is 1. The molecule has 0 N–H and O–H groups in total. The Kier molecular flexibility index (Phi) is 5.60. The second-order valence-electron chi connectivity index (χ2n) is 5.75. The molecule has 1 amide bonds. The summed E-state index contributed by atoms with van der Waals surface area (Å²) in [6.07, 6.45) is 0.292. The standard InChI is InChI=1S/C16H19N3O3S2/c20-16-19(11-15(22-16)10-17-12-23)14-4-2-13(3-5-14)18-6-1-8-24(21)9-7-18/h2-5,15H,1,6-11H2/t15-,24?/m0/s1. The van der Waals surface area contributed by atoms with Crippen LogP contribution in [0.4, 0.5) is 16.2 Å². The predicted octanol–water partition coefficient (Wildman–Crippen LogP) is 2.07. The molecule has 6 nitrogen and oxygen atoms in total. The molecule has 24 heavy (non-hydrogen) atoms. The van der Waals surface area contributed by atoms with Gasteiger partial charge in [0.25, 0.3) is 0 Å². The third kappa shape index (κ3) is 4.01. The molecule has 0 spiro atoms. The van der Waals surface area contributed by atoms with Gasteiger partial charge in [-0.3, -0.25) is 9.11 Å². The number of hydrogen-bond acceptors (Lipinski definition) is 6. The Balaban J connectivity index is 1.67. The molecule has 3 rings (SSSR count). The molecule has 0 aromatic heterocycles. The minimum atomic E-state index is -0.703. The number of cyclic esters (lactones) is 1. The van der Waals surface area contributed by atoms with Crippen molar-refractivity contribution in [1.82, 2.24) is 0 Å². The van der Waals surface area contributed by atoms with Crippen LogP contribution >= 0.6 is 12.2 Å². The van der Waals surface area contributed by atoms with Crippen LogP contribution in [0.3, 0.4) is 0 Å². The second kappa shape index (κ2) is 7.88. The van der Waals surface area contributed by atoms with Gasteiger partial charge in [-0.25, -0.2) is 9.79 Å². The maximum atomic E-state index is 12.0. The van der Waals surface area contributed by atoms with Crippen LogP contribution in [0.1, 0.15) is 6.42 Å². The highest BCUT2D eigenvalue weighted by Gasteiger charge is 2.32. The van der Waals surface area contributed by atoms with Gasteiger partial charge in [0, 0.05) is 46.8 Å². The fraction of sp³-hybridized carbons (Fsp3) is 0.500. The number of anilines is 2. The zero-order chi connectivity index (χ0) is 16.9. The molecular weight excluding hydrogens is 346 g/mol. The van der Waals surface area contributed by atoms with Gasteiger partial charge in [-0.1, -0.05) is 0 Å². The Morgan fingerprint density at radius 1 is 1.25 bits per heavy atom. The van der Waals surface area contributed by atoms with E-state index in [4.69, 9.17) is 4.74 Å². The van der Waals surface area contributed by atoms with E-state index in [0.29, 0.717) is 18.8 Å². The summed E-state index contributed by atoms with van der Waals surface area (Å²) in [5.41, 5.74) is 1.89. The van der Waals surface area contributed by atoms with Gasteiger partial charge in [0.1, 0.15) is 6.10 Å². The largest absolute Gasteiger partial charge is 0.442 e. The van der Waals surface area contributed by atoms with Gasteiger partial charge in [0.05, 0.1) is 18.3 Å².